The van der Waals surface area contributed by atoms with Crippen molar-refractivity contribution < 1.29 is 19.2 Å². The first-order valence-electron chi connectivity index (χ1n) is 9.34. The molecule has 0 saturated carbocycles. The maximum absolute atomic E-state index is 13.1. The summed E-state index contributed by atoms with van der Waals surface area (Å²) in [5, 5.41) is 14.1. The van der Waals surface area contributed by atoms with Crippen LogP contribution in [0.1, 0.15) is 22.0 Å². The molecule has 0 aliphatic carbocycles. The van der Waals surface area contributed by atoms with Crippen molar-refractivity contribution in [2.45, 2.75) is 5.92 Å². The number of benzene rings is 2. The molecule has 0 radical (unpaired) electrons. The van der Waals surface area contributed by atoms with Crippen molar-refractivity contribution in [1.82, 2.24) is 10.1 Å². The zero-order valence-corrected chi connectivity index (χ0v) is 15.2. The molecular weight excluding hydrogens is 356 g/mol. The fraction of sp³-hybridized carbons (Fsp3) is 0.273. The van der Waals surface area contributed by atoms with Gasteiger partial charge in [-0.05, 0) is 11.6 Å². The Bertz CT molecular complexity index is 1020. The predicted octanol–water partition coefficient (Wildman–Crippen LogP) is 2.95. The van der Waals surface area contributed by atoms with Crippen LogP contribution in [0.2, 0.25) is 0 Å². The number of carbonyl (C=O) groups is 1. The molecule has 2 aliphatic heterocycles. The minimum Gasteiger partial charge on any atom is -0.493 e. The maximum Gasteiger partial charge on any atom is 0.276 e. The molecule has 1 fully saturated rings. The van der Waals surface area contributed by atoms with Crippen LogP contribution in [0.5, 0.6) is 5.75 Å². The highest BCUT2D eigenvalue weighted by atomic mass is 16.5. The van der Waals surface area contributed by atoms with Gasteiger partial charge in [0.05, 0.1) is 18.6 Å². The van der Waals surface area contributed by atoms with E-state index in [2.05, 4.69) is 5.16 Å². The number of rotatable bonds is 3. The molecule has 0 unspecified atom stereocenters. The molecule has 2 aromatic carbocycles. The highest BCUT2D eigenvalue weighted by Crippen LogP contribution is 2.49. The van der Waals surface area contributed by atoms with Crippen LogP contribution in [0, 0.1) is 5.41 Å². The Morgan fingerprint density at radius 1 is 1.18 bits per heavy atom. The highest BCUT2D eigenvalue weighted by Gasteiger charge is 2.52. The van der Waals surface area contributed by atoms with E-state index in [4.69, 9.17) is 9.26 Å². The van der Waals surface area contributed by atoms with Gasteiger partial charge in [0.1, 0.15) is 5.75 Å². The number of hydrogen-bond donors (Lipinski definition) is 1. The Hall–Kier alpha value is -3.12. The Balaban J connectivity index is 1.43. The van der Waals surface area contributed by atoms with E-state index in [1.54, 1.807) is 11.0 Å². The predicted molar refractivity (Wildman–Crippen MR) is 102 cm³/mol. The van der Waals surface area contributed by atoms with Crippen LogP contribution in [0.4, 0.5) is 0 Å². The lowest BCUT2D eigenvalue weighted by atomic mass is 9.74. The molecule has 6 heteroatoms. The Morgan fingerprint density at radius 2 is 1.96 bits per heavy atom. The van der Waals surface area contributed by atoms with Crippen molar-refractivity contribution in [3.63, 3.8) is 0 Å². The first kappa shape index (κ1) is 17.0. The van der Waals surface area contributed by atoms with Gasteiger partial charge in [-0.3, -0.25) is 4.79 Å². The topological polar surface area (TPSA) is 75.8 Å². The van der Waals surface area contributed by atoms with Crippen molar-refractivity contribution in [3.8, 4) is 17.1 Å². The highest BCUT2D eigenvalue weighted by molar-refractivity contribution is 5.93. The standard InChI is InChI=1S/C22H20N2O4/c25-13-22-12-24(11-17(22)16-8-4-5-9-19(16)27-14-22)21(26)18-10-20(28-23-18)15-6-2-1-3-7-15/h1-10,17,25H,11-14H2/t17-,22-/m0/s1. The molecule has 3 heterocycles. The summed E-state index contributed by atoms with van der Waals surface area (Å²) in [5.74, 6) is 1.24. The molecule has 2 aliphatic rings. The van der Waals surface area contributed by atoms with Crippen LogP contribution in [0.25, 0.3) is 11.3 Å². The second kappa shape index (κ2) is 6.49. The molecule has 5 rings (SSSR count). The average Bonchev–Trinajstić information content (AvgIpc) is 3.40. The second-order valence-electron chi connectivity index (χ2n) is 7.53. The van der Waals surface area contributed by atoms with Crippen LogP contribution >= 0.6 is 0 Å². The number of carbonyl (C=O) groups excluding carboxylic acids is 1. The average molecular weight is 376 g/mol. The summed E-state index contributed by atoms with van der Waals surface area (Å²) in [4.78, 5) is 14.8. The number of para-hydroxylation sites is 1. The van der Waals surface area contributed by atoms with Gasteiger partial charge in [-0.25, -0.2) is 0 Å². The van der Waals surface area contributed by atoms with E-state index >= 15 is 0 Å². The number of likely N-dealkylation sites (tertiary alicyclic amines) is 1. The van der Waals surface area contributed by atoms with Gasteiger partial charge in [0, 0.05) is 30.6 Å². The van der Waals surface area contributed by atoms with Crippen molar-refractivity contribution in [2.24, 2.45) is 5.41 Å². The number of fused-ring (bicyclic) bond motifs is 3. The summed E-state index contributed by atoms with van der Waals surface area (Å²) in [6.45, 7) is 1.30. The lowest BCUT2D eigenvalue weighted by Gasteiger charge is -2.37. The van der Waals surface area contributed by atoms with Gasteiger partial charge in [-0.2, -0.15) is 0 Å². The van der Waals surface area contributed by atoms with Gasteiger partial charge < -0.3 is 19.3 Å². The zero-order valence-electron chi connectivity index (χ0n) is 15.2. The third-order valence-corrected chi connectivity index (χ3v) is 5.85. The van der Waals surface area contributed by atoms with Crippen molar-refractivity contribution in [2.75, 3.05) is 26.3 Å². The number of nitrogens with zero attached hydrogens (tertiary/aromatic N) is 2. The summed E-state index contributed by atoms with van der Waals surface area (Å²) >= 11 is 0. The van der Waals surface area contributed by atoms with Crippen LogP contribution in [0.3, 0.4) is 0 Å². The summed E-state index contributed by atoms with van der Waals surface area (Å²) in [7, 11) is 0. The third kappa shape index (κ3) is 2.60. The summed E-state index contributed by atoms with van der Waals surface area (Å²) in [6, 6.07) is 19.1. The first-order chi connectivity index (χ1) is 13.7. The smallest absolute Gasteiger partial charge is 0.276 e. The summed E-state index contributed by atoms with van der Waals surface area (Å²) in [6.07, 6.45) is 0. The number of hydrogen-bond acceptors (Lipinski definition) is 5. The molecule has 6 nitrogen and oxygen atoms in total. The van der Waals surface area contributed by atoms with E-state index in [1.165, 1.54) is 0 Å². The molecule has 1 amide bonds. The Labute approximate surface area is 162 Å². The molecule has 28 heavy (non-hydrogen) atoms. The van der Waals surface area contributed by atoms with E-state index in [0.29, 0.717) is 25.5 Å². The van der Waals surface area contributed by atoms with Crippen LogP contribution in [0.15, 0.2) is 65.2 Å². The van der Waals surface area contributed by atoms with E-state index in [1.807, 2.05) is 54.6 Å². The monoisotopic (exact) mass is 376 g/mol. The van der Waals surface area contributed by atoms with Crippen LogP contribution in [-0.2, 0) is 0 Å². The van der Waals surface area contributed by atoms with Gasteiger partial charge in [-0.1, -0.05) is 53.7 Å². The van der Waals surface area contributed by atoms with Crippen molar-refractivity contribution in [1.29, 1.82) is 0 Å². The molecule has 0 spiro atoms. The molecule has 0 bridgehead atoms. The first-order valence-corrected chi connectivity index (χ1v) is 9.34. The fourth-order valence-electron chi connectivity index (χ4n) is 4.30. The van der Waals surface area contributed by atoms with Gasteiger partial charge >= 0.3 is 0 Å². The van der Waals surface area contributed by atoms with Crippen LogP contribution < -0.4 is 4.74 Å². The Morgan fingerprint density at radius 3 is 2.79 bits per heavy atom. The lowest BCUT2D eigenvalue weighted by Crippen LogP contribution is -2.42. The van der Waals surface area contributed by atoms with E-state index < -0.39 is 5.41 Å². The number of aliphatic hydroxyl groups is 1. The fourth-order valence-corrected chi connectivity index (χ4v) is 4.30. The molecule has 3 aromatic rings. The van der Waals surface area contributed by atoms with E-state index in [-0.39, 0.29) is 24.1 Å². The SMILES string of the molecule is O=C(c1cc(-c2ccccc2)on1)N1C[C@H]2c3ccccc3OC[C@@]2(CO)C1. The number of ether oxygens (including phenoxy) is 1. The van der Waals surface area contributed by atoms with Gasteiger partial charge in [0.25, 0.3) is 5.91 Å². The van der Waals surface area contributed by atoms with Gasteiger partial charge in [0.15, 0.2) is 11.5 Å². The number of aromatic nitrogens is 1. The van der Waals surface area contributed by atoms with Crippen molar-refractivity contribution >= 4 is 5.91 Å². The number of amides is 1. The maximum atomic E-state index is 13.1. The molecule has 1 N–H and O–H groups in total. The molecular formula is C22H20N2O4. The third-order valence-electron chi connectivity index (χ3n) is 5.85. The van der Waals surface area contributed by atoms with E-state index in [0.717, 1.165) is 16.9 Å². The lowest BCUT2D eigenvalue weighted by molar-refractivity contribution is 0.0438. The van der Waals surface area contributed by atoms with Crippen LogP contribution in [-0.4, -0.2) is 47.4 Å². The van der Waals surface area contributed by atoms with Crippen molar-refractivity contribution in [3.05, 3.63) is 71.9 Å². The largest absolute Gasteiger partial charge is 0.493 e. The summed E-state index contributed by atoms with van der Waals surface area (Å²) in [5.41, 5.74) is 1.71. The molecule has 2 atom stereocenters. The molecule has 1 saturated heterocycles. The molecule has 1 aromatic heterocycles. The molecule has 142 valence electrons. The van der Waals surface area contributed by atoms with Gasteiger partial charge in [0.2, 0.25) is 0 Å². The quantitative estimate of drug-likeness (QED) is 0.761. The Kier molecular flexibility index (Phi) is 3.94. The minimum atomic E-state index is -0.490. The van der Waals surface area contributed by atoms with Gasteiger partial charge in [-0.15, -0.1) is 0 Å². The second-order valence-corrected chi connectivity index (χ2v) is 7.53. The zero-order chi connectivity index (χ0) is 19.1. The van der Waals surface area contributed by atoms with E-state index in [9.17, 15) is 9.90 Å². The normalized spacial score (nSPS) is 23.0. The number of aliphatic hydroxyl groups excluding tert-OH is 1. The summed E-state index contributed by atoms with van der Waals surface area (Å²) < 4.78 is 11.3. The minimum absolute atomic E-state index is 0.0342.